The number of hydrogen-bond donors (Lipinski definition) is 1. The molecule has 0 bridgehead atoms. The topological polar surface area (TPSA) is 108 Å². The summed E-state index contributed by atoms with van der Waals surface area (Å²) in [6.45, 7) is 4.50. The van der Waals surface area contributed by atoms with Gasteiger partial charge >= 0.3 is 19.8 Å². The van der Waals surface area contributed by atoms with Crippen molar-refractivity contribution in [2.75, 3.05) is 47.5 Å². The maximum atomic E-state index is 12.8. The highest BCUT2D eigenvalue weighted by atomic mass is 31.2. The van der Waals surface area contributed by atoms with Crippen molar-refractivity contribution in [3.63, 3.8) is 0 Å². The average Bonchev–Trinajstić information content (AvgIpc) is 3.35. The summed E-state index contributed by atoms with van der Waals surface area (Å²) in [6, 6.07) is 0. The van der Waals surface area contributed by atoms with Crippen LogP contribution in [0.3, 0.4) is 0 Å². The average molecular weight is 1060 g/mol. The molecule has 2 atom stereocenters. The van der Waals surface area contributed by atoms with E-state index in [1.807, 2.05) is 21.1 Å². The molecule has 0 saturated heterocycles. The third-order valence-electron chi connectivity index (χ3n) is 14.5. The quantitative estimate of drug-likeness (QED) is 0.0211. The smallest absolute Gasteiger partial charge is 0.462 e. The van der Waals surface area contributed by atoms with Crippen LogP contribution in [-0.4, -0.2) is 74.9 Å². The molecule has 9 nitrogen and oxygen atoms in total. The van der Waals surface area contributed by atoms with Crippen LogP contribution in [0.15, 0.2) is 12.2 Å². The highest BCUT2D eigenvalue weighted by molar-refractivity contribution is 7.47. The summed E-state index contributed by atoms with van der Waals surface area (Å²) in [4.78, 5) is 35.7. The van der Waals surface area contributed by atoms with Crippen LogP contribution in [0.5, 0.6) is 0 Å². The lowest BCUT2D eigenvalue weighted by molar-refractivity contribution is -0.870. The van der Waals surface area contributed by atoms with Crippen LogP contribution in [0.1, 0.15) is 328 Å². The minimum absolute atomic E-state index is 0.0351. The van der Waals surface area contributed by atoms with Crippen LogP contribution in [-0.2, 0) is 32.7 Å². The van der Waals surface area contributed by atoms with E-state index < -0.39 is 26.5 Å². The van der Waals surface area contributed by atoms with Crippen LogP contribution < -0.4 is 0 Å². The molecular weight excluding hydrogens is 930 g/mol. The molecule has 0 aromatic heterocycles. The number of esters is 2. The lowest BCUT2D eigenvalue weighted by atomic mass is 10.0. The highest BCUT2D eigenvalue weighted by Crippen LogP contribution is 2.43. The molecule has 0 spiro atoms. The van der Waals surface area contributed by atoms with Crippen molar-refractivity contribution in [2.24, 2.45) is 0 Å². The molecule has 0 fully saturated rings. The Bertz CT molecular complexity index is 1240. The van der Waals surface area contributed by atoms with Crippen LogP contribution in [0.2, 0.25) is 0 Å². The molecule has 1 N–H and O–H groups in total. The molecule has 0 saturated carbocycles. The fraction of sp³-hybridized carbons (Fsp3) is 0.937. The van der Waals surface area contributed by atoms with Gasteiger partial charge in [-0.05, 0) is 38.5 Å². The largest absolute Gasteiger partial charge is 0.472 e. The Morgan fingerprint density at radius 2 is 0.699 bits per heavy atom. The van der Waals surface area contributed by atoms with Gasteiger partial charge in [0, 0.05) is 12.8 Å². The molecule has 10 heteroatoms. The second-order valence-corrected chi connectivity index (χ2v) is 24.6. The highest BCUT2D eigenvalue weighted by Gasteiger charge is 2.27. The zero-order valence-corrected chi connectivity index (χ0v) is 50.3. The third kappa shape index (κ3) is 59.8. The summed E-state index contributed by atoms with van der Waals surface area (Å²) < 4.78 is 34.6. The predicted octanol–water partition coefficient (Wildman–Crippen LogP) is 20.0. The van der Waals surface area contributed by atoms with Gasteiger partial charge < -0.3 is 18.9 Å². The first-order valence-electron chi connectivity index (χ1n) is 31.9. The van der Waals surface area contributed by atoms with Crippen LogP contribution >= 0.6 is 7.82 Å². The van der Waals surface area contributed by atoms with Crippen LogP contribution in [0, 0.1) is 0 Å². The molecule has 0 heterocycles. The van der Waals surface area contributed by atoms with E-state index in [0.717, 1.165) is 32.1 Å². The molecule has 0 amide bonds. The van der Waals surface area contributed by atoms with Gasteiger partial charge in [-0.25, -0.2) is 4.57 Å². The summed E-state index contributed by atoms with van der Waals surface area (Å²) in [5, 5.41) is 0. The number of phosphoric ester groups is 1. The maximum Gasteiger partial charge on any atom is 0.472 e. The van der Waals surface area contributed by atoms with Gasteiger partial charge in [-0.3, -0.25) is 18.6 Å². The lowest BCUT2D eigenvalue weighted by Gasteiger charge is -2.24. The Morgan fingerprint density at radius 3 is 1.01 bits per heavy atom. The minimum Gasteiger partial charge on any atom is -0.462 e. The Kier molecular flexibility index (Phi) is 54.6. The van der Waals surface area contributed by atoms with E-state index >= 15 is 0 Å². The summed E-state index contributed by atoms with van der Waals surface area (Å²) in [6.07, 6.45) is 65.9. The maximum absolute atomic E-state index is 12.8. The van der Waals surface area contributed by atoms with E-state index in [0.29, 0.717) is 23.9 Å². The van der Waals surface area contributed by atoms with Gasteiger partial charge in [0.15, 0.2) is 6.10 Å². The first kappa shape index (κ1) is 71.8. The zero-order chi connectivity index (χ0) is 53.5. The van der Waals surface area contributed by atoms with Crippen molar-refractivity contribution in [3.8, 4) is 0 Å². The molecule has 0 aliphatic rings. The first-order valence-corrected chi connectivity index (χ1v) is 33.4. The molecule has 73 heavy (non-hydrogen) atoms. The van der Waals surface area contributed by atoms with Crippen molar-refractivity contribution < 1.29 is 42.1 Å². The number of nitrogens with zero attached hydrogens (tertiary/aromatic N) is 1. The molecule has 0 aliphatic carbocycles. The Morgan fingerprint density at radius 1 is 0.411 bits per heavy atom. The Labute approximate surface area is 454 Å². The fourth-order valence-corrected chi connectivity index (χ4v) is 10.3. The Hall–Kier alpha value is -1.25. The minimum atomic E-state index is -4.38. The van der Waals surface area contributed by atoms with Gasteiger partial charge in [0.1, 0.15) is 19.8 Å². The second-order valence-electron chi connectivity index (χ2n) is 23.2. The fourth-order valence-electron chi connectivity index (χ4n) is 9.60. The van der Waals surface area contributed by atoms with E-state index in [2.05, 4.69) is 26.0 Å². The first-order chi connectivity index (χ1) is 35.5. The van der Waals surface area contributed by atoms with E-state index in [-0.39, 0.29) is 25.6 Å². The van der Waals surface area contributed by atoms with Crippen molar-refractivity contribution in [3.05, 3.63) is 12.2 Å². The number of carbonyl (C=O) groups excluding carboxylic acids is 2. The van der Waals surface area contributed by atoms with Crippen molar-refractivity contribution in [1.82, 2.24) is 0 Å². The van der Waals surface area contributed by atoms with E-state index in [9.17, 15) is 19.0 Å². The van der Waals surface area contributed by atoms with Crippen molar-refractivity contribution in [1.29, 1.82) is 0 Å². The predicted molar refractivity (Wildman–Crippen MR) is 312 cm³/mol. The number of rotatable bonds is 60. The molecule has 0 aromatic rings. The van der Waals surface area contributed by atoms with E-state index in [1.54, 1.807) is 0 Å². The Balaban J connectivity index is 4.00. The molecule has 0 aromatic carbocycles. The van der Waals surface area contributed by atoms with Gasteiger partial charge in [0.2, 0.25) is 0 Å². The lowest BCUT2D eigenvalue weighted by Crippen LogP contribution is -2.37. The van der Waals surface area contributed by atoms with Gasteiger partial charge in [-0.2, -0.15) is 0 Å². The number of allylic oxidation sites excluding steroid dienone is 2. The molecule has 2 unspecified atom stereocenters. The number of carbonyl (C=O) groups is 2. The third-order valence-corrected chi connectivity index (χ3v) is 15.5. The second kappa shape index (κ2) is 55.5. The van der Waals surface area contributed by atoms with Crippen molar-refractivity contribution in [2.45, 2.75) is 335 Å². The molecule has 434 valence electrons. The summed E-state index contributed by atoms with van der Waals surface area (Å²) in [5.74, 6) is -0.779. The van der Waals surface area contributed by atoms with Crippen molar-refractivity contribution >= 4 is 19.8 Å². The van der Waals surface area contributed by atoms with Crippen LogP contribution in [0.4, 0.5) is 0 Å². The van der Waals surface area contributed by atoms with E-state index in [1.165, 1.54) is 263 Å². The SMILES string of the molecule is CCCCCCCC/C=C\CCCCCCCCCCCC(=O)OC(COC(=O)CCCCCCCCCCCCCCCCCCCCCCCCCCCCCCCC)COP(=O)(O)OCC[N+](C)(C)C. The molecule has 0 aliphatic heterocycles. The molecule has 0 rings (SSSR count). The zero-order valence-electron chi connectivity index (χ0n) is 49.4. The summed E-state index contributed by atoms with van der Waals surface area (Å²) in [7, 11) is 1.50. The number of hydrogen-bond acceptors (Lipinski definition) is 7. The number of ether oxygens (including phenoxy) is 2. The van der Waals surface area contributed by atoms with Gasteiger partial charge in [-0.15, -0.1) is 0 Å². The molecule has 0 radical (unpaired) electrons. The number of likely N-dealkylation sites (N-methyl/N-ethyl adjacent to an activating group) is 1. The standard InChI is InChI=1S/C63H124NO8P/c1-6-8-10-12-14-16-18-20-22-24-26-27-28-29-30-31-32-33-34-35-36-38-39-41-43-45-47-49-51-53-55-62(65)69-59-61(60-71-73(67,68)70-58-57-64(3,4)5)72-63(66)56-54-52-50-48-46-44-42-40-37-25-23-21-19-17-15-13-11-9-7-2/h21,23,61H,6-20,22,24-60H2,1-5H3/p+1/b23-21-. The van der Waals surface area contributed by atoms with Gasteiger partial charge in [-0.1, -0.05) is 289 Å². The summed E-state index contributed by atoms with van der Waals surface area (Å²) in [5.41, 5.74) is 0. The van der Waals surface area contributed by atoms with Gasteiger partial charge in [0.05, 0.1) is 27.7 Å². The monoisotopic (exact) mass is 1050 g/mol. The summed E-state index contributed by atoms with van der Waals surface area (Å²) >= 11 is 0. The normalized spacial score (nSPS) is 13.2. The number of unbranched alkanes of at least 4 members (excludes halogenated alkanes) is 44. The number of quaternary nitrogens is 1. The van der Waals surface area contributed by atoms with Crippen LogP contribution in [0.25, 0.3) is 0 Å². The van der Waals surface area contributed by atoms with Gasteiger partial charge in [0.25, 0.3) is 0 Å². The molecular formula is C63H125NO8P+. The van der Waals surface area contributed by atoms with E-state index in [4.69, 9.17) is 18.5 Å². The number of phosphoric acid groups is 1.